The van der Waals surface area contributed by atoms with Crippen molar-refractivity contribution in [2.75, 3.05) is 26.2 Å². The summed E-state index contributed by atoms with van der Waals surface area (Å²) in [4.78, 5) is 14.4. The minimum atomic E-state index is -3.56. The maximum atomic E-state index is 12.8. The average molecular weight is 352 g/mol. The Morgan fingerprint density at radius 3 is 2.12 bits per heavy atom. The topological polar surface area (TPSA) is 66.9 Å². The zero-order valence-corrected chi connectivity index (χ0v) is 15.0. The number of rotatable bonds is 3. The molecule has 0 aliphatic carbocycles. The van der Waals surface area contributed by atoms with Gasteiger partial charge in [-0.3, -0.25) is 4.79 Å². The normalized spacial score (nSPS) is 25.8. The van der Waals surface area contributed by atoms with E-state index < -0.39 is 10.0 Å². The number of sulfonamides is 1. The van der Waals surface area contributed by atoms with Crippen LogP contribution in [0.3, 0.4) is 0 Å². The van der Waals surface area contributed by atoms with Crippen molar-refractivity contribution in [3.63, 3.8) is 0 Å². The Kier molecular flexibility index (Phi) is 4.94. The molecule has 2 aliphatic rings. The van der Waals surface area contributed by atoms with Crippen molar-refractivity contribution < 1.29 is 17.9 Å². The van der Waals surface area contributed by atoms with Gasteiger partial charge in [0.1, 0.15) is 0 Å². The number of ether oxygens (including phenoxy) is 1. The molecule has 2 heterocycles. The Bertz CT molecular complexity index is 686. The van der Waals surface area contributed by atoms with Crippen molar-refractivity contribution in [1.29, 1.82) is 0 Å². The molecule has 2 fully saturated rings. The van der Waals surface area contributed by atoms with Gasteiger partial charge in [-0.1, -0.05) is 0 Å². The molecule has 1 aromatic rings. The highest BCUT2D eigenvalue weighted by Gasteiger charge is 2.32. The summed E-state index contributed by atoms with van der Waals surface area (Å²) in [6, 6.07) is 6.29. The SMILES string of the molecule is C[C@@H]1CN(S(=O)(=O)c2ccc(C(=O)N3CCCC3)cc2)C[C@@H](C)O1. The van der Waals surface area contributed by atoms with Crippen molar-refractivity contribution in [1.82, 2.24) is 9.21 Å². The number of morpholine rings is 1. The molecule has 2 aliphatic heterocycles. The first-order valence-electron chi connectivity index (χ1n) is 8.43. The molecular weight excluding hydrogens is 328 g/mol. The van der Waals surface area contributed by atoms with Crippen LogP contribution in [0.1, 0.15) is 37.0 Å². The number of hydrogen-bond acceptors (Lipinski definition) is 4. The molecule has 0 unspecified atom stereocenters. The Hall–Kier alpha value is -1.44. The van der Waals surface area contributed by atoms with E-state index >= 15 is 0 Å². The number of benzene rings is 1. The van der Waals surface area contributed by atoms with Gasteiger partial charge in [-0.2, -0.15) is 4.31 Å². The molecule has 2 saturated heterocycles. The molecule has 3 rings (SSSR count). The Morgan fingerprint density at radius 1 is 1.04 bits per heavy atom. The zero-order valence-electron chi connectivity index (χ0n) is 14.1. The van der Waals surface area contributed by atoms with Gasteiger partial charge in [-0.05, 0) is 51.0 Å². The van der Waals surface area contributed by atoms with E-state index in [4.69, 9.17) is 4.74 Å². The fraction of sp³-hybridized carbons (Fsp3) is 0.588. The van der Waals surface area contributed by atoms with E-state index in [1.165, 1.54) is 16.4 Å². The fourth-order valence-corrected chi connectivity index (χ4v) is 4.94. The van der Waals surface area contributed by atoms with E-state index in [-0.39, 0.29) is 23.0 Å². The number of likely N-dealkylation sites (tertiary alicyclic amines) is 1. The van der Waals surface area contributed by atoms with E-state index in [1.54, 1.807) is 12.1 Å². The van der Waals surface area contributed by atoms with Crippen LogP contribution < -0.4 is 0 Å². The standard InChI is InChI=1S/C17H24N2O4S/c1-13-11-19(12-14(2)23-13)24(21,22)16-7-5-15(6-8-16)17(20)18-9-3-4-10-18/h5-8,13-14H,3-4,9-12H2,1-2H3/t13-,14-/m1/s1. The minimum absolute atomic E-state index is 0.0231. The third-order valence-electron chi connectivity index (χ3n) is 4.52. The minimum Gasteiger partial charge on any atom is -0.373 e. The molecule has 2 atom stereocenters. The van der Waals surface area contributed by atoms with Crippen LogP contribution in [0.25, 0.3) is 0 Å². The van der Waals surface area contributed by atoms with E-state index in [0.717, 1.165) is 25.9 Å². The molecular formula is C17H24N2O4S. The van der Waals surface area contributed by atoms with Gasteiger partial charge in [0.25, 0.3) is 5.91 Å². The van der Waals surface area contributed by atoms with Crippen LogP contribution in [0.5, 0.6) is 0 Å². The molecule has 0 aromatic heterocycles. The quantitative estimate of drug-likeness (QED) is 0.831. The van der Waals surface area contributed by atoms with E-state index in [2.05, 4.69) is 0 Å². The van der Waals surface area contributed by atoms with Gasteiger partial charge in [0, 0.05) is 31.7 Å². The lowest BCUT2D eigenvalue weighted by atomic mass is 10.2. The molecule has 0 saturated carbocycles. The van der Waals surface area contributed by atoms with Crippen LogP contribution >= 0.6 is 0 Å². The number of hydrogen-bond donors (Lipinski definition) is 0. The summed E-state index contributed by atoms with van der Waals surface area (Å²) >= 11 is 0. The molecule has 0 radical (unpaired) electrons. The first-order chi connectivity index (χ1) is 11.4. The van der Waals surface area contributed by atoms with Crippen molar-refractivity contribution in [2.24, 2.45) is 0 Å². The first-order valence-corrected chi connectivity index (χ1v) is 9.87. The van der Waals surface area contributed by atoms with Gasteiger partial charge in [-0.25, -0.2) is 8.42 Å². The predicted octanol–water partition coefficient (Wildman–Crippen LogP) is 1.72. The maximum Gasteiger partial charge on any atom is 0.253 e. The predicted molar refractivity (Wildman–Crippen MR) is 90.3 cm³/mol. The second-order valence-corrected chi connectivity index (χ2v) is 8.54. The van der Waals surface area contributed by atoms with Crippen LogP contribution in [0.2, 0.25) is 0 Å². The Labute approximate surface area is 143 Å². The van der Waals surface area contributed by atoms with Crippen molar-refractivity contribution >= 4 is 15.9 Å². The Morgan fingerprint density at radius 2 is 1.58 bits per heavy atom. The van der Waals surface area contributed by atoms with Gasteiger partial charge >= 0.3 is 0 Å². The molecule has 1 amide bonds. The monoisotopic (exact) mass is 352 g/mol. The second-order valence-electron chi connectivity index (χ2n) is 6.60. The summed E-state index contributed by atoms with van der Waals surface area (Å²) in [6.07, 6.45) is 1.82. The van der Waals surface area contributed by atoms with Gasteiger partial charge in [0.15, 0.2) is 0 Å². The highest BCUT2D eigenvalue weighted by atomic mass is 32.2. The smallest absolute Gasteiger partial charge is 0.253 e. The van der Waals surface area contributed by atoms with Gasteiger partial charge in [-0.15, -0.1) is 0 Å². The van der Waals surface area contributed by atoms with Crippen LogP contribution in [-0.4, -0.2) is 61.9 Å². The van der Waals surface area contributed by atoms with Crippen molar-refractivity contribution in [2.45, 2.75) is 43.8 Å². The van der Waals surface area contributed by atoms with Crippen LogP contribution in [-0.2, 0) is 14.8 Å². The summed E-state index contributed by atoms with van der Waals surface area (Å²) in [5, 5.41) is 0. The van der Waals surface area contributed by atoms with E-state index in [9.17, 15) is 13.2 Å². The zero-order chi connectivity index (χ0) is 17.3. The summed E-state index contributed by atoms with van der Waals surface area (Å²) in [7, 11) is -3.56. The van der Waals surface area contributed by atoms with Gasteiger partial charge in [0.05, 0.1) is 17.1 Å². The molecule has 7 heteroatoms. The number of nitrogens with zero attached hydrogens (tertiary/aromatic N) is 2. The first kappa shape index (κ1) is 17.4. The lowest BCUT2D eigenvalue weighted by Crippen LogP contribution is -2.48. The molecule has 6 nitrogen and oxygen atoms in total. The third-order valence-corrected chi connectivity index (χ3v) is 6.36. The highest BCUT2D eigenvalue weighted by molar-refractivity contribution is 7.89. The van der Waals surface area contributed by atoms with Crippen molar-refractivity contribution in [3.05, 3.63) is 29.8 Å². The summed E-state index contributed by atoms with van der Waals surface area (Å²) < 4.78 is 32.6. The summed E-state index contributed by atoms with van der Waals surface area (Å²) in [6.45, 7) is 6.00. The lowest BCUT2D eigenvalue weighted by molar-refractivity contribution is -0.0440. The highest BCUT2D eigenvalue weighted by Crippen LogP contribution is 2.22. The average Bonchev–Trinajstić information content (AvgIpc) is 3.08. The molecule has 0 bridgehead atoms. The van der Waals surface area contributed by atoms with Gasteiger partial charge < -0.3 is 9.64 Å². The molecule has 0 spiro atoms. The molecule has 0 N–H and O–H groups in total. The number of amides is 1. The van der Waals surface area contributed by atoms with Gasteiger partial charge in [0.2, 0.25) is 10.0 Å². The summed E-state index contributed by atoms with van der Waals surface area (Å²) in [5.41, 5.74) is 0.541. The molecule has 24 heavy (non-hydrogen) atoms. The molecule has 1 aromatic carbocycles. The number of carbonyl (C=O) groups excluding carboxylic acids is 1. The maximum absolute atomic E-state index is 12.8. The van der Waals surface area contributed by atoms with Crippen molar-refractivity contribution in [3.8, 4) is 0 Å². The third kappa shape index (κ3) is 3.48. The fourth-order valence-electron chi connectivity index (χ4n) is 3.35. The van der Waals surface area contributed by atoms with Crippen LogP contribution in [0.4, 0.5) is 0 Å². The van der Waals surface area contributed by atoms with Crippen LogP contribution in [0.15, 0.2) is 29.2 Å². The van der Waals surface area contributed by atoms with E-state index in [1.807, 2.05) is 18.7 Å². The van der Waals surface area contributed by atoms with Crippen LogP contribution in [0, 0.1) is 0 Å². The number of carbonyl (C=O) groups is 1. The second kappa shape index (κ2) is 6.82. The Balaban J connectivity index is 1.78. The summed E-state index contributed by atoms with van der Waals surface area (Å²) in [5.74, 6) is -0.0231. The lowest BCUT2D eigenvalue weighted by Gasteiger charge is -2.34. The largest absolute Gasteiger partial charge is 0.373 e. The van der Waals surface area contributed by atoms with E-state index in [0.29, 0.717) is 18.7 Å². The molecule has 132 valence electrons.